The van der Waals surface area contributed by atoms with Gasteiger partial charge in [0.25, 0.3) is 0 Å². The summed E-state index contributed by atoms with van der Waals surface area (Å²) in [5.41, 5.74) is 7.69. The van der Waals surface area contributed by atoms with Crippen molar-refractivity contribution in [2.45, 2.75) is 32.1 Å². The molecule has 4 aromatic carbocycles. The fraction of sp³-hybridized carbons (Fsp3) is 0.135. The molecule has 0 fully saturated rings. The summed E-state index contributed by atoms with van der Waals surface area (Å²) in [5.74, 6) is 0.339. The molecule has 0 nitrogen and oxygen atoms in total. The highest BCUT2D eigenvalue weighted by molar-refractivity contribution is 6.05. The summed E-state index contributed by atoms with van der Waals surface area (Å²) in [7, 11) is 0. The second-order valence-corrected chi connectivity index (χ2v) is 9.91. The summed E-state index contributed by atoms with van der Waals surface area (Å²) >= 11 is 0. The maximum Gasteiger partial charge on any atom is 0.00363 e. The summed E-state index contributed by atoms with van der Waals surface area (Å²) in [4.78, 5) is 0. The number of rotatable bonds is 4. The van der Waals surface area contributed by atoms with Crippen LogP contribution in [0.25, 0.3) is 45.3 Å². The summed E-state index contributed by atoms with van der Waals surface area (Å²) in [6.45, 7) is 10.8. The fourth-order valence-electron chi connectivity index (χ4n) is 6.40. The Morgan fingerprint density at radius 1 is 0.838 bits per heavy atom. The second-order valence-electron chi connectivity index (χ2n) is 9.91. The number of benzene rings is 4. The predicted molar refractivity (Wildman–Crippen MR) is 163 cm³/mol. The summed E-state index contributed by atoms with van der Waals surface area (Å²) < 4.78 is 0. The van der Waals surface area contributed by atoms with Crippen molar-refractivity contribution in [2.24, 2.45) is 0 Å². The number of fused-ring (bicyclic) bond motifs is 4. The van der Waals surface area contributed by atoms with Gasteiger partial charge in [-0.15, -0.1) is 0 Å². The van der Waals surface area contributed by atoms with E-state index in [2.05, 4.69) is 117 Å². The molecule has 0 heterocycles. The van der Waals surface area contributed by atoms with Crippen LogP contribution in [0.5, 0.6) is 0 Å². The summed E-state index contributed by atoms with van der Waals surface area (Å²) in [5, 5.41) is 7.88. The molecule has 0 bridgehead atoms. The largest absolute Gasteiger partial charge is 0.0984 e. The molecule has 0 spiro atoms. The lowest BCUT2D eigenvalue weighted by Gasteiger charge is -2.25. The molecule has 180 valence electrons. The molecule has 0 saturated heterocycles. The zero-order chi connectivity index (χ0) is 25.4. The Hall–Kier alpha value is -4.16. The molecular weight excluding hydrogens is 444 g/mol. The Morgan fingerprint density at radius 3 is 2.49 bits per heavy atom. The number of allylic oxidation sites excluding steroid dienone is 6. The van der Waals surface area contributed by atoms with Gasteiger partial charge in [-0.05, 0) is 91.6 Å². The van der Waals surface area contributed by atoms with Gasteiger partial charge in [0.05, 0.1) is 0 Å². The van der Waals surface area contributed by atoms with Crippen LogP contribution in [0.4, 0.5) is 0 Å². The van der Waals surface area contributed by atoms with Gasteiger partial charge in [0, 0.05) is 5.92 Å². The van der Waals surface area contributed by atoms with Gasteiger partial charge in [-0.1, -0.05) is 122 Å². The van der Waals surface area contributed by atoms with Crippen LogP contribution < -0.4 is 10.4 Å². The van der Waals surface area contributed by atoms with E-state index in [1.165, 1.54) is 65.4 Å². The third kappa shape index (κ3) is 3.76. The van der Waals surface area contributed by atoms with Gasteiger partial charge < -0.3 is 0 Å². The topological polar surface area (TPSA) is 0 Å². The lowest BCUT2D eigenvalue weighted by molar-refractivity contribution is 0.760. The monoisotopic (exact) mass is 476 g/mol. The SMILES string of the molecule is C=Cc1c(C=C)c(C2C=CC=CCC2)c2ccccc2c1C1=c2ccc3ccc/c(=C/C)c3c2CC=C1. The molecule has 0 heteroatoms. The summed E-state index contributed by atoms with van der Waals surface area (Å²) in [6.07, 6.45) is 23.1. The van der Waals surface area contributed by atoms with Gasteiger partial charge in [0.1, 0.15) is 0 Å². The van der Waals surface area contributed by atoms with Crippen molar-refractivity contribution in [1.29, 1.82) is 0 Å². The average molecular weight is 477 g/mol. The molecule has 2 aliphatic carbocycles. The Labute approximate surface area is 219 Å². The Morgan fingerprint density at radius 2 is 1.68 bits per heavy atom. The van der Waals surface area contributed by atoms with Crippen LogP contribution >= 0.6 is 0 Å². The Kier molecular flexibility index (Phi) is 6.10. The van der Waals surface area contributed by atoms with E-state index in [4.69, 9.17) is 0 Å². The highest BCUT2D eigenvalue weighted by Gasteiger charge is 2.23. The van der Waals surface area contributed by atoms with Crippen LogP contribution in [0.3, 0.4) is 0 Å². The van der Waals surface area contributed by atoms with Crippen LogP contribution in [0.15, 0.2) is 104 Å². The smallest absolute Gasteiger partial charge is 0.00363 e. The van der Waals surface area contributed by atoms with Crippen molar-refractivity contribution in [3.8, 4) is 0 Å². The maximum absolute atomic E-state index is 4.32. The Balaban J connectivity index is 1.77. The van der Waals surface area contributed by atoms with Gasteiger partial charge in [-0.2, -0.15) is 0 Å². The lowest BCUT2D eigenvalue weighted by atomic mass is 9.78. The van der Waals surface area contributed by atoms with E-state index in [1.54, 1.807) is 0 Å². The first-order valence-corrected chi connectivity index (χ1v) is 13.3. The molecule has 0 aromatic heterocycles. The summed E-state index contributed by atoms with van der Waals surface area (Å²) in [6, 6.07) is 20.1. The molecule has 1 unspecified atom stereocenters. The van der Waals surface area contributed by atoms with Gasteiger partial charge in [-0.3, -0.25) is 0 Å². The van der Waals surface area contributed by atoms with Gasteiger partial charge >= 0.3 is 0 Å². The fourth-order valence-corrected chi connectivity index (χ4v) is 6.40. The van der Waals surface area contributed by atoms with Crippen molar-refractivity contribution in [3.63, 3.8) is 0 Å². The molecule has 6 rings (SSSR count). The first kappa shape index (κ1) is 23.3. The number of hydrogen-bond donors (Lipinski definition) is 0. The molecule has 37 heavy (non-hydrogen) atoms. The van der Waals surface area contributed by atoms with Crippen LogP contribution in [-0.2, 0) is 6.42 Å². The van der Waals surface area contributed by atoms with Crippen LogP contribution in [0.1, 0.15) is 53.5 Å². The van der Waals surface area contributed by atoms with E-state index < -0.39 is 0 Å². The minimum Gasteiger partial charge on any atom is -0.0984 e. The van der Waals surface area contributed by atoms with E-state index in [1.807, 2.05) is 12.2 Å². The zero-order valence-corrected chi connectivity index (χ0v) is 21.5. The quantitative estimate of drug-likeness (QED) is 0.277. The van der Waals surface area contributed by atoms with Gasteiger partial charge in [0.15, 0.2) is 0 Å². The van der Waals surface area contributed by atoms with Crippen molar-refractivity contribution in [3.05, 3.63) is 142 Å². The Bertz CT molecular complexity index is 1790. The van der Waals surface area contributed by atoms with E-state index in [0.29, 0.717) is 5.92 Å². The van der Waals surface area contributed by atoms with Crippen molar-refractivity contribution < 1.29 is 0 Å². The standard InChI is InChI=1S/C37H32/c1-4-25-17-13-18-27-23-24-30-31(35(25)27)21-14-22-32(30)37-29(6-3)28(5-2)36(26-15-9-7-8-10-16-26)33-19-11-12-20-34(33)37/h4-9,11-15,17-20,22-24,26H,2-3,10,16,21H2,1H3/b25-4-. The van der Waals surface area contributed by atoms with Crippen LogP contribution in [0, 0.1) is 0 Å². The average Bonchev–Trinajstić information content (AvgIpc) is 3.24. The minimum absolute atomic E-state index is 0.339. The van der Waals surface area contributed by atoms with Gasteiger partial charge in [-0.25, -0.2) is 0 Å². The van der Waals surface area contributed by atoms with Crippen LogP contribution in [-0.4, -0.2) is 0 Å². The highest BCUT2D eigenvalue weighted by Crippen LogP contribution is 2.42. The highest BCUT2D eigenvalue weighted by atomic mass is 14.3. The molecule has 0 amide bonds. The maximum atomic E-state index is 4.32. The van der Waals surface area contributed by atoms with Crippen molar-refractivity contribution in [1.82, 2.24) is 0 Å². The lowest BCUT2D eigenvalue weighted by Crippen LogP contribution is -2.20. The first-order chi connectivity index (χ1) is 18.3. The molecule has 2 aliphatic rings. The molecule has 0 radical (unpaired) electrons. The third-order valence-electron chi connectivity index (χ3n) is 8.01. The van der Waals surface area contributed by atoms with E-state index in [9.17, 15) is 0 Å². The molecular formula is C37H32. The third-order valence-corrected chi connectivity index (χ3v) is 8.01. The van der Waals surface area contributed by atoms with Gasteiger partial charge in [0.2, 0.25) is 0 Å². The molecule has 4 aromatic rings. The second kappa shape index (κ2) is 9.71. The molecule has 0 aliphatic heterocycles. The minimum atomic E-state index is 0.339. The molecule has 0 N–H and O–H groups in total. The van der Waals surface area contributed by atoms with E-state index in [0.717, 1.165) is 19.3 Å². The van der Waals surface area contributed by atoms with Crippen molar-refractivity contribution in [2.75, 3.05) is 0 Å². The molecule has 1 atom stereocenters. The van der Waals surface area contributed by atoms with E-state index >= 15 is 0 Å². The van der Waals surface area contributed by atoms with Crippen LogP contribution in [0.2, 0.25) is 0 Å². The first-order valence-electron chi connectivity index (χ1n) is 13.3. The molecule has 0 saturated carbocycles. The number of hydrogen-bond acceptors (Lipinski definition) is 0. The van der Waals surface area contributed by atoms with Crippen molar-refractivity contribution >= 4 is 45.3 Å². The zero-order valence-electron chi connectivity index (χ0n) is 21.5. The predicted octanol–water partition coefficient (Wildman–Crippen LogP) is 8.38. The van der Waals surface area contributed by atoms with E-state index in [-0.39, 0.29) is 0 Å². The normalized spacial score (nSPS) is 17.3.